The standard InChI is InChI=1S/C32H30BrF2N7O3/c1-16-5-6-26(33)38-30(16)39-31(45)24-11-32(4)8-7-25(32)42(24)27(44)15-41-29-21(23(35)12-34)9-19(20-13-36-18(3)37-14-20)10-22(29)28(40-41)17(2)43/h5-10,13-14,23-25H,11-12,15H2,1-4H3,(H,38,39,45)/t23?,24-,25+,32+/m0/s1. The lowest BCUT2D eigenvalue weighted by molar-refractivity contribution is -0.139. The number of hydrogen-bond acceptors (Lipinski definition) is 7. The van der Waals surface area contributed by atoms with Crippen molar-refractivity contribution in [2.75, 3.05) is 12.0 Å². The zero-order valence-electron chi connectivity index (χ0n) is 25.0. The van der Waals surface area contributed by atoms with Crippen molar-refractivity contribution in [1.29, 1.82) is 0 Å². The van der Waals surface area contributed by atoms with E-state index in [4.69, 9.17) is 0 Å². The van der Waals surface area contributed by atoms with Crippen LogP contribution in [0, 0.1) is 19.3 Å². The normalized spacial score (nSPS) is 21.0. The summed E-state index contributed by atoms with van der Waals surface area (Å²) in [5.74, 6) is -0.337. The van der Waals surface area contributed by atoms with Gasteiger partial charge in [0.1, 0.15) is 41.2 Å². The van der Waals surface area contributed by atoms with Crippen LogP contribution < -0.4 is 5.32 Å². The van der Waals surface area contributed by atoms with E-state index in [9.17, 15) is 18.8 Å². The van der Waals surface area contributed by atoms with Gasteiger partial charge >= 0.3 is 0 Å². The van der Waals surface area contributed by atoms with Crippen LogP contribution in [0.15, 0.2) is 53.4 Å². The van der Waals surface area contributed by atoms with E-state index < -0.39 is 48.4 Å². The molecule has 13 heteroatoms. The number of carbonyl (C=O) groups is 3. The number of Topliss-reactive ketones (excluding diaryl/α,β-unsaturated/α-hetero) is 1. The molecule has 0 radical (unpaired) electrons. The molecule has 4 atom stereocenters. The van der Waals surface area contributed by atoms with Crippen LogP contribution in [0.1, 0.15) is 53.9 Å². The molecule has 45 heavy (non-hydrogen) atoms. The Morgan fingerprint density at radius 2 is 1.89 bits per heavy atom. The van der Waals surface area contributed by atoms with Crippen molar-refractivity contribution in [3.8, 4) is 11.1 Å². The summed E-state index contributed by atoms with van der Waals surface area (Å²) in [7, 11) is 0. The molecule has 232 valence electrons. The largest absolute Gasteiger partial charge is 0.322 e. The van der Waals surface area contributed by atoms with Gasteiger partial charge in [-0.3, -0.25) is 19.1 Å². The van der Waals surface area contributed by atoms with E-state index in [1.807, 2.05) is 32.1 Å². The number of aromatic nitrogens is 5. The number of nitrogens with one attached hydrogen (secondary N) is 1. The van der Waals surface area contributed by atoms with Gasteiger partial charge in [0.15, 0.2) is 12.0 Å². The first-order valence-corrected chi connectivity index (χ1v) is 15.2. The number of nitrogens with zero attached hydrogens (tertiary/aromatic N) is 6. The van der Waals surface area contributed by atoms with Crippen LogP contribution in [0.4, 0.5) is 14.6 Å². The van der Waals surface area contributed by atoms with Crippen LogP contribution in [-0.4, -0.2) is 66.0 Å². The van der Waals surface area contributed by atoms with E-state index in [1.54, 1.807) is 31.5 Å². The number of carbonyl (C=O) groups excluding carboxylic acids is 3. The minimum atomic E-state index is -2.05. The first-order valence-electron chi connectivity index (χ1n) is 14.4. The van der Waals surface area contributed by atoms with Crippen LogP contribution in [-0.2, 0) is 16.1 Å². The number of fused-ring (bicyclic) bond motifs is 2. The summed E-state index contributed by atoms with van der Waals surface area (Å²) in [6.45, 7) is 5.12. The number of halogens is 3. The number of hydrogen-bond donors (Lipinski definition) is 1. The van der Waals surface area contributed by atoms with E-state index in [2.05, 4.69) is 41.3 Å². The molecule has 0 bridgehead atoms. The average molecular weight is 679 g/mol. The second-order valence-electron chi connectivity index (χ2n) is 11.8. The average Bonchev–Trinajstić information content (AvgIpc) is 3.46. The summed E-state index contributed by atoms with van der Waals surface area (Å²) in [5.41, 5.74) is 1.46. The molecular formula is C32H30BrF2N7O3. The van der Waals surface area contributed by atoms with Crippen molar-refractivity contribution >= 4 is 50.2 Å². The minimum absolute atomic E-state index is 0.0142. The summed E-state index contributed by atoms with van der Waals surface area (Å²) in [6, 6.07) is 5.52. The minimum Gasteiger partial charge on any atom is -0.322 e. The van der Waals surface area contributed by atoms with Gasteiger partial charge < -0.3 is 10.2 Å². The number of aryl methyl sites for hydroxylation is 2. The van der Waals surface area contributed by atoms with Crippen molar-refractivity contribution < 1.29 is 23.2 Å². The van der Waals surface area contributed by atoms with Gasteiger partial charge in [0.2, 0.25) is 11.8 Å². The molecule has 1 aliphatic carbocycles. The van der Waals surface area contributed by atoms with Crippen LogP contribution >= 0.6 is 15.9 Å². The molecule has 0 saturated carbocycles. The van der Waals surface area contributed by atoms with Crippen LogP contribution in [0.5, 0.6) is 0 Å². The maximum atomic E-state index is 15.3. The molecule has 4 heterocycles. The molecule has 0 spiro atoms. The van der Waals surface area contributed by atoms with Gasteiger partial charge in [-0.2, -0.15) is 5.10 Å². The lowest BCUT2D eigenvalue weighted by Crippen LogP contribution is -2.50. The molecule has 1 aromatic carbocycles. The molecule has 10 nitrogen and oxygen atoms in total. The van der Waals surface area contributed by atoms with Gasteiger partial charge in [-0.25, -0.2) is 23.7 Å². The maximum Gasteiger partial charge on any atom is 0.248 e. The Hall–Kier alpha value is -4.39. The van der Waals surface area contributed by atoms with E-state index >= 15 is 4.39 Å². The Bertz CT molecular complexity index is 1890. The molecule has 1 fully saturated rings. The third kappa shape index (κ3) is 5.43. The van der Waals surface area contributed by atoms with Crippen molar-refractivity contribution in [2.45, 2.75) is 58.9 Å². The topological polar surface area (TPSA) is 123 Å². The fourth-order valence-electron chi connectivity index (χ4n) is 6.16. The zero-order chi connectivity index (χ0) is 32.2. The Labute approximate surface area is 266 Å². The third-order valence-corrected chi connectivity index (χ3v) is 9.02. The van der Waals surface area contributed by atoms with E-state index in [0.717, 1.165) is 5.56 Å². The van der Waals surface area contributed by atoms with Crippen LogP contribution in [0.2, 0.25) is 0 Å². The summed E-state index contributed by atoms with van der Waals surface area (Å²) >= 11 is 3.33. The number of rotatable bonds is 8. The van der Waals surface area contributed by atoms with Gasteiger partial charge in [0.25, 0.3) is 0 Å². The molecule has 2 aliphatic rings. The van der Waals surface area contributed by atoms with E-state index in [0.29, 0.717) is 33.8 Å². The lowest BCUT2D eigenvalue weighted by atomic mass is 9.73. The summed E-state index contributed by atoms with van der Waals surface area (Å²) in [5, 5.41) is 7.57. The molecule has 2 amide bonds. The predicted octanol–water partition coefficient (Wildman–Crippen LogP) is 5.63. The highest BCUT2D eigenvalue weighted by Gasteiger charge is 2.55. The molecular weight excluding hydrogens is 648 g/mol. The Morgan fingerprint density at radius 3 is 2.53 bits per heavy atom. The highest BCUT2D eigenvalue weighted by molar-refractivity contribution is 9.10. The summed E-state index contributed by atoms with van der Waals surface area (Å²) < 4.78 is 31.0. The fraction of sp³-hybridized carbons (Fsp3) is 0.344. The van der Waals surface area contributed by atoms with Crippen molar-refractivity contribution in [1.82, 2.24) is 29.6 Å². The zero-order valence-corrected chi connectivity index (χ0v) is 26.6. The number of anilines is 1. The highest BCUT2D eigenvalue weighted by atomic mass is 79.9. The van der Waals surface area contributed by atoms with E-state index in [-0.39, 0.29) is 28.2 Å². The first-order chi connectivity index (χ1) is 21.4. The summed E-state index contributed by atoms with van der Waals surface area (Å²) in [6.07, 6.45) is 5.31. The van der Waals surface area contributed by atoms with Gasteiger partial charge in [0.05, 0.1) is 11.6 Å². The van der Waals surface area contributed by atoms with Crippen molar-refractivity contribution in [3.05, 3.63) is 76.1 Å². The second-order valence-corrected chi connectivity index (χ2v) is 12.6. The molecule has 4 aromatic rings. The van der Waals surface area contributed by atoms with Gasteiger partial charge in [-0.1, -0.05) is 25.1 Å². The SMILES string of the molecule is CC(=O)c1nn(CC(=O)N2[C@H](C(=O)Nc3nc(Br)ccc3C)C[C@@]3(C)C=C[C@@H]23)c2c(C(F)CF)cc(-c3cnc(C)nc3)cc12. The lowest BCUT2D eigenvalue weighted by Gasteiger charge is -2.38. The Morgan fingerprint density at radius 1 is 1.16 bits per heavy atom. The maximum absolute atomic E-state index is 15.3. The van der Waals surface area contributed by atoms with Crippen molar-refractivity contribution in [3.63, 3.8) is 0 Å². The quantitative estimate of drug-likeness (QED) is 0.146. The first kappa shape index (κ1) is 30.6. The monoisotopic (exact) mass is 677 g/mol. The third-order valence-electron chi connectivity index (χ3n) is 8.58. The van der Waals surface area contributed by atoms with Gasteiger partial charge in [-0.15, -0.1) is 0 Å². The summed E-state index contributed by atoms with van der Waals surface area (Å²) in [4.78, 5) is 54.7. The molecule has 3 aromatic heterocycles. The smallest absolute Gasteiger partial charge is 0.248 e. The number of amides is 2. The van der Waals surface area contributed by atoms with Gasteiger partial charge in [0, 0.05) is 41.2 Å². The fourth-order valence-corrected chi connectivity index (χ4v) is 6.47. The number of alkyl halides is 2. The number of ketones is 1. The Balaban J connectivity index is 1.39. The van der Waals surface area contributed by atoms with Crippen LogP contribution in [0.25, 0.3) is 22.0 Å². The molecule has 1 unspecified atom stereocenters. The van der Waals surface area contributed by atoms with Crippen molar-refractivity contribution in [2.24, 2.45) is 5.41 Å². The number of pyridine rings is 1. The second kappa shape index (κ2) is 11.5. The van der Waals surface area contributed by atoms with Crippen LogP contribution in [0.3, 0.4) is 0 Å². The molecule has 1 saturated heterocycles. The molecule has 6 rings (SSSR count). The molecule has 1 N–H and O–H groups in total. The van der Waals surface area contributed by atoms with Gasteiger partial charge in [-0.05, 0) is 65.5 Å². The Kier molecular flexibility index (Phi) is 7.84. The highest BCUT2D eigenvalue weighted by Crippen LogP contribution is 2.49. The number of likely N-dealkylation sites (tertiary alicyclic amines) is 1. The van der Waals surface area contributed by atoms with E-state index in [1.165, 1.54) is 22.6 Å². The number of benzene rings is 1. The molecule has 1 aliphatic heterocycles. The predicted molar refractivity (Wildman–Crippen MR) is 167 cm³/mol.